The highest BCUT2D eigenvalue weighted by molar-refractivity contribution is 5.94. The number of hydrogen-bond acceptors (Lipinski definition) is 6. The Bertz CT molecular complexity index is 482. The number of likely N-dealkylation sites (N-methyl/N-ethyl adjacent to an activating group) is 1. The quantitative estimate of drug-likeness (QED) is 0.786. The van der Waals surface area contributed by atoms with E-state index in [0.29, 0.717) is 6.61 Å². The molecule has 0 bridgehead atoms. The van der Waals surface area contributed by atoms with Crippen LogP contribution in [0.4, 0.5) is 0 Å². The van der Waals surface area contributed by atoms with Crippen molar-refractivity contribution in [3.8, 4) is 5.75 Å². The summed E-state index contributed by atoms with van der Waals surface area (Å²) in [6.45, 7) is 0.527. The molecule has 0 radical (unpaired) electrons. The van der Waals surface area contributed by atoms with E-state index < -0.39 is 18.2 Å². The molecule has 0 unspecified atom stereocenters. The zero-order valence-corrected chi connectivity index (χ0v) is 11.4. The maximum atomic E-state index is 12.3. The third kappa shape index (κ3) is 2.90. The normalized spacial score (nSPS) is 26.2. The van der Waals surface area contributed by atoms with Crippen LogP contribution in [0.1, 0.15) is 10.4 Å². The molecule has 20 heavy (non-hydrogen) atoms. The van der Waals surface area contributed by atoms with Crippen molar-refractivity contribution in [2.45, 2.75) is 18.2 Å². The third-order valence-corrected chi connectivity index (χ3v) is 3.44. The van der Waals surface area contributed by atoms with Gasteiger partial charge in [-0.1, -0.05) is 0 Å². The molecule has 0 spiro atoms. The Morgan fingerprint density at radius 2 is 2.25 bits per heavy atom. The van der Waals surface area contributed by atoms with Gasteiger partial charge in [0.05, 0.1) is 31.0 Å². The number of amides is 1. The molecule has 1 aliphatic heterocycles. The van der Waals surface area contributed by atoms with E-state index in [0.717, 1.165) is 0 Å². The highest BCUT2D eigenvalue weighted by Gasteiger charge is 2.37. The molecule has 7 heteroatoms. The topological polar surface area (TPSA) is 92.1 Å². The first-order valence-corrected chi connectivity index (χ1v) is 6.24. The van der Waals surface area contributed by atoms with Crippen LogP contribution in [0.3, 0.4) is 0 Å². The molecule has 0 aliphatic carbocycles. The van der Waals surface area contributed by atoms with Crippen LogP contribution in [0.15, 0.2) is 18.5 Å². The van der Waals surface area contributed by atoms with Crippen LogP contribution in [0, 0.1) is 0 Å². The minimum Gasteiger partial charge on any atom is -0.506 e. The van der Waals surface area contributed by atoms with E-state index in [9.17, 15) is 15.0 Å². The van der Waals surface area contributed by atoms with Gasteiger partial charge in [-0.3, -0.25) is 9.78 Å². The van der Waals surface area contributed by atoms with Gasteiger partial charge >= 0.3 is 0 Å². The van der Waals surface area contributed by atoms with E-state index in [4.69, 9.17) is 9.47 Å². The molecule has 1 saturated heterocycles. The highest BCUT2D eigenvalue weighted by atomic mass is 16.5. The summed E-state index contributed by atoms with van der Waals surface area (Å²) in [7, 11) is 3.06. The first-order chi connectivity index (χ1) is 9.54. The Morgan fingerprint density at radius 1 is 1.50 bits per heavy atom. The van der Waals surface area contributed by atoms with Crippen LogP contribution in [-0.2, 0) is 9.47 Å². The Kier molecular flexibility index (Phi) is 4.53. The number of rotatable bonds is 3. The van der Waals surface area contributed by atoms with Crippen LogP contribution in [0.5, 0.6) is 5.75 Å². The van der Waals surface area contributed by atoms with Crippen LogP contribution in [0.25, 0.3) is 0 Å². The summed E-state index contributed by atoms with van der Waals surface area (Å²) < 4.78 is 10.5. The average molecular weight is 282 g/mol. The second-order valence-electron chi connectivity index (χ2n) is 4.72. The SMILES string of the molecule is CO[C@@H]1COC[C@@H](N(C)C(=O)c2cncc(O)c2)[C@@H]1O. The minimum absolute atomic E-state index is 0.0838. The van der Waals surface area contributed by atoms with Gasteiger partial charge < -0.3 is 24.6 Å². The van der Waals surface area contributed by atoms with E-state index in [-0.39, 0.29) is 23.8 Å². The summed E-state index contributed by atoms with van der Waals surface area (Å²) in [5.74, 6) is -0.433. The van der Waals surface area contributed by atoms with Crippen molar-refractivity contribution in [1.29, 1.82) is 0 Å². The number of aromatic nitrogens is 1. The maximum Gasteiger partial charge on any atom is 0.255 e. The Hall–Kier alpha value is -1.70. The molecule has 2 N–H and O–H groups in total. The number of ether oxygens (including phenoxy) is 2. The van der Waals surface area contributed by atoms with Crippen molar-refractivity contribution in [3.05, 3.63) is 24.0 Å². The summed E-state index contributed by atoms with van der Waals surface area (Å²) in [5, 5.41) is 19.5. The molecular formula is C13H18N2O5. The average Bonchev–Trinajstić information content (AvgIpc) is 2.46. The predicted octanol–water partition coefficient (Wildman–Crippen LogP) is -0.366. The number of aliphatic hydroxyl groups is 1. The van der Waals surface area contributed by atoms with Crippen molar-refractivity contribution in [3.63, 3.8) is 0 Å². The van der Waals surface area contributed by atoms with E-state index in [2.05, 4.69) is 4.98 Å². The molecule has 1 aliphatic rings. The van der Waals surface area contributed by atoms with Gasteiger partial charge in [0.25, 0.3) is 5.91 Å². The lowest BCUT2D eigenvalue weighted by Crippen LogP contribution is -2.56. The first-order valence-electron chi connectivity index (χ1n) is 6.24. The molecule has 2 heterocycles. The van der Waals surface area contributed by atoms with E-state index in [1.165, 1.54) is 30.5 Å². The maximum absolute atomic E-state index is 12.3. The van der Waals surface area contributed by atoms with Crippen molar-refractivity contribution in [1.82, 2.24) is 9.88 Å². The zero-order chi connectivity index (χ0) is 14.7. The van der Waals surface area contributed by atoms with Crippen molar-refractivity contribution in [2.24, 2.45) is 0 Å². The van der Waals surface area contributed by atoms with Gasteiger partial charge in [-0.2, -0.15) is 0 Å². The van der Waals surface area contributed by atoms with E-state index in [1.54, 1.807) is 7.05 Å². The van der Waals surface area contributed by atoms with Crippen LogP contribution < -0.4 is 0 Å². The molecular weight excluding hydrogens is 264 g/mol. The fourth-order valence-corrected chi connectivity index (χ4v) is 2.20. The van der Waals surface area contributed by atoms with Crippen LogP contribution in [0.2, 0.25) is 0 Å². The molecule has 1 aromatic heterocycles. The van der Waals surface area contributed by atoms with Crippen LogP contribution in [-0.4, -0.2) is 71.6 Å². The zero-order valence-electron chi connectivity index (χ0n) is 11.4. The summed E-state index contributed by atoms with van der Waals surface area (Å²) >= 11 is 0. The lowest BCUT2D eigenvalue weighted by Gasteiger charge is -2.38. The molecule has 0 aromatic carbocycles. The number of hydrogen-bond donors (Lipinski definition) is 2. The highest BCUT2D eigenvalue weighted by Crippen LogP contribution is 2.19. The van der Waals surface area contributed by atoms with Gasteiger partial charge in [-0.05, 0) is 6.07 Å². The molecule has 110 valence electrons. The number of aromatic hydroxyl groups is 1. The van der Waals surface area contributed by atoms with E-state index in [1.807, 2.05) is 0 Å². The number of carbonyl (C=O) groups excluding carboxylic acids is 1. The smallest absolute Gasteiger partial charge is 0.255 e. The molecule has 1 fully saturated rings. The number of carbonyl (C=O) groups is 1. The van der Waals surface area contributed by atoms with Crippen molar-refractivity contribution in [2.75, 3.05) is 27.4 Å². The summed E-state index contributed by atoms with van der Waals surface area (Å²) in [5.41, 5.74) is 0.249. The molecule has 2 rings (SSSR count). The standard InChI is InChI=1S/C13H18N2O5/c1-15(10-6-20-7-11(19-2)12(10)17)13(18)8-3-9(16)5-14-4-8/h3-5,10-12,16-17H,6-7H2,1-2H3/t10-,11-,12+/m1/s1. The predicted molar refractivity (Wildman–Crippen MR) is 69.4 cm³/mol. The summed E-state index contributed by atoms with van der Waals surface area (Å²) in [4.78, 5) is 17.5. The Morgan fingerprint density at radius 3 is 2.90 bits per heavy atom. The monoisotopic (exact) mass is 282 g/mol. The van der Waals surface area contributed by atoms with Gasteiger partial charge in [0.15, 0.2) is 0 Å². The molecule has 3 atom stereocenters. The molecule has 7 nitrogen and oxygen atoms in total. The molecule has 1 aromatic rings. The number of aliphatic hydroxyl groups excluding tert-OH is 1. The number of methoxy groups -OCH3 is 1. The second kappa shape index (κ2) is 6.17. The number of pyridine rings is 1. The largest absolute Gasteiger partial charge is 0.506 e. The van der Waals surface area contributed by atoms with Gasteiger partial charge in [0, 0.05) is 20.4 Å². The minimum atomic E-state index is -0.826. The van der Waals surface area contributed by atoms with Gasteiger partial charge in [0.2, 0.25) is 0 Å². The Balaban J connectivity index is 2.13. The first kappa shape index (κ1) is 14.7. The summed E-state index contributed by atoms with van der Waals surface area (Å²) in [6.07, 6.45) is 1.32. The van der Waals surface area contributed by atoms with Gasteiger partial charge in [0.1, 0.15) is 18.0 Å². The molecule has 1 amide bonds. The fraction of sp³-hybridized carbons (Fsp3) is 0.538. The van der Waals surface area contributed by atoms with Crippen molar-refractivity contribution >= 4 is 5.91 Å². The van der Waals surface area contributed by atoms with Gasteiger partial charge in [-0.15, -0.1) is 0 Å². The number of nitrogens with zero attached hydrogens (tertiary/aromatic N) is 2. The molecule has 0 saturated carbocycles. The lowest BCUT2D eigenvalue weighted by atomic mass is 10.0. The van der Waals surface area contributed by atoms with Crippen molar-refractivity contribution < 1.29 is 24.5 Å². The fourth-order valence-electron chi connectivity index (χ4n) is 2.20. The second-order valence-corrected chi connectivity index (χ2v) is 4.72. The summed E-state index contributed by atoms with van der Waals surface area (Å²) in [6, 6.07) is 0.818. The van der Waals surface area contributed by atoms with E-state index >= 15 is 0 Å². The van der Waals surface area contributed by atoms with Gasteiger partial charge in [-0.25, -0.2) is 0 Å². The lowest BCUT2D eigenvalue weighted by molar-refractivity contribution is -0.135. The third-order valence-electron chi connectivity index (χ3n) is 3.44. The van der Waals surface area contributed by atoms with Crippen LogP contribution >= 0.6 is 0 Å². The Labute approximate surface area is 116 Å².